The van der Waals surface area contributed by atoms with Crippen molar-refractivity contribution >= 4 is 17.9 Å². The molecule has 0 rings (SSSR count). The third-order valence-corrected chi connectivity index (χ3v) is 12.9. The minimum absolute atomic E-state index is 0.124. The Hall–Kier alpha value is -5.49. The minimum atomic E-state index is -0.836. The highest BCUT2D eigenvalue weighted by Crippen LogP contribution is 2.13. The molecule has 0 bridgehead atoms. The van der Waals surface area contributed by atoms with Crippen molar-refractivity contribution in [2.24, 2.45) is 0 Å². The summed E-state index contributed by atoms with van der Waals surface area (Å²) in [5.74, 6) is -1.03. The maximum Gasteiger partial charge on any atom is 0.306 e. The molecule has 452 valence electrons. The van der Waals surface area contributed by atoms with Crippen LogP contribution in [0.5, 0.6) is 0 Å². The zero-order valence-electron chi connectivity index (χ0n) is 51.7. The summed E-state index contributed by atoms with van der Waals surface area (Å²) in [7, 11) is 0. The molecule has 6 nitrogen and oxygen atoms in total. The number of hydrogen-bond donors (Lipinski definition) is 0. The Morgan fingerprint density at radius 3 is 0.815 bits per heavy atom. The molecule has 0 radical (unpaired) electrons. The summed E-state index contributed by atoms with van der Waals surface area (Å²) < 4.78 is 16.8. The van der Waals surface area contributed by atoms with Gasteiger partial charge < -0.3 is 14.2 Å². The van der Waals surface area contributed by atoms with E-state index in [1.165, 1.54) is 51.4 Å². The fraction of sp³-hybridized carbons (Fsp3) is 0.560. The van der Waals surface area contributed by atoms with E-state index in [1.807, 2.05) is 0 Å². The molecule has 0 aliphatic rings. The van der Waals surface area contributed by atoms with E-state index in [-0.39, 0.29) is 37.5 Å². The van der Waals surface area contributed by atoms with Gasteiger partial charge in [-0.3, -0.25) is 14.4 Å². The summed E-state index contributed by atoms with van der Waals surface area (Å²) in [4.78, 5) is 38.3. The van der Waals surface area contributed by atoms with Gasteiger partial charge in [-0.1, -0.05) is 261 Å². The van der Waals surface area contributed by atoms with Gasteiger partial charge in [0.1, 0.15) is 13.2 Å². The van der Waals surface area contributed by atoms with Gasteiger partial charge in [-0.05, 0) is 154 Å². The Morgan fingerprint density at radius 2 is 0.494 bits per heavy atom. The van der Waals surface area contributed by atoms with Crippen LogP contribution in [0.25, 0.3) is 0 Å². The Balaban J connectivity index is 4.50. The van der Waals surface area contributed by atoms with Gasteiger partial charge in [0.2, 0.25) is 0 Å². The van der Waals surface area contributed by atoms with E-state index < -0.39 is 6.10 Å². The predicted molar refractivity (Wildman–Crippen MR) is 352 cm³/mol. The van der Waals surface area contributed by atoms with E-state index in [1.54, 1.807) is 0 Å². The first-order valence-corrected chi connectivity index (χ1v) is 32.3. The van der Waals surface area contributed by atoms with Crippen molar-refractivity contribution in [3.8, 4) is 0 Å². The maximum absolute atomic E-state index is 12.9. The molecule has 0 saturated heterocycles. The van der Waals surface area contributed by atoms with E-state index >= 15 is 0 Å². The summed E-state index contributed by atoms with van der Waals surface area (Å²) in [5, 5.41) is 0. The molecule has 0 spiro atoms. The van der Waals surface area contributed by atoms with E-state index in [9.17, 15) is 14.4 Å². The highest BCUT2D eigenvalue weighted by atomic mass is 16.6. The van der Waals surface area contributed by atoms with Crippen LogP contribution >= 0.6 is 0 Å². The van der Waals surface area contributed by atoms with Gasteiger partial charge in [0.25, 0.3) is 0 Å². The number of rotatable bonds is 56. The van der Waals surface area contributed by atoms with E-state index in [4.69, 9.17) is 14.2 Å². The predicted octanol–water partition coefficient (Wildman–Crippen LogP) is 22.4. The molecule has 0 aromatic carbocycles. The van der Waals surface area contributed by atoms with Crippen molar-refractivity contribution in [2.75, 3.05) is 13.2 Å². The topological polar surface area (TPSA) is 78.9 Å². The average molecular weight is 1110 g/mol. The molecule has 0 fully saturated rings. The van der Waals surface area contributed by atoms with Gasteiger partial charge in [0.15, 0.2) is 6.10 Å². The molecule has 1 unspecified atom stereocenters. The van der Waals surface area contributed by atoms with Gasteiger partial charge in [-0.25, -0.2) is 0 Å². The molecular formula is C75H116O6. The third-order valence-electron chi connectivity index (χ3n) is 12.9. The molecule has 0 saturated carbocycles. The molecule has 6 heteroatoms. The number of carbonyl (C=O) groups is 3. The summed E-state index contributed by atoms with van der Waals surface area (Å²) in [6.07, 6.45) is 100. The van der Waals surface area contributed by atoms with Crippen molar-refractivity contribution in [1.82, 2.24) is 0 Å². The number of carbonyl (C=O) groups excluding carboxylic acids is 3. The lowest BCUT2D eigenvalue weighted by Gasteiger charge is -2.18. The first-order chi connectivity index (χ1) is 40.0. The summed E-state index contributed by atoms with van der Waals surface area (Å²) in [5.41, 5.74) is 0. The lowest BCUT2D eigenvalue weighted by Crippen LogP contribution is -2.30. The van der Waals surface area contributed by atoms with Crippen molar-refractivity contribution in [3.63, 3.8) is 0 Å². The van der Waals surface area contributed by atoms with E-state index in [2.05, 4.69) is 203 Å². The van der Waals surface area contributed by atoms with Crippen molar-refractivity contribution < 1.29 is 28.6 Å². The molecule has 0 aromatic heterocycles. The highest BCUT2D eigenvalue weighted by molar-refractivity contribution is 5.71. The molecule has 0 N–H and O–H groups in total. The molecule has 0 heterocycles. The van der Waals surface area contributed by atoms with Crippen LogP contribution in [0.3, 0.4) is 0 Å². The lowest BCUT2D eigenvalue weighted by molar-refractivity contribution is -0.167. The summed E-state index contributed by atoms with van der Waals surface area (Å²) in [6, 6.07) is 0. The Kier molecular flexibility index (Phi) is 62.5. The summed E-state index contributed by atoms with van der Waals surface area (Å²) in [6.45, 7) is 6.31. The Bertz CT molecular complexity index is 1900. The number of hydrogen-bond acceptors (Lipinski definition) is 6. The van der Waals surface area contributed by atoms with Gasteiger partial charge in [-0.2, -0.15) is 0 Å². The SMILES string of the molecule is CC/C=C\C/C=C\C/C=C\C/C=C\C/C=C\C/C=C\C/C=C\C/C=C\C/C=C\CCCCCC(=O)OCC(COC(=O)CCCCCCC/C=C\CCCCCCCC)OC(=O)CCC/C=C\C/C=C\C/C=C\C/C=C\C/C=C\CC. The molecule has 0 aliphatic carbocycles. The number of ether oxygens (including phenoxy) is 3. The zero-order chi connectivity index (χ0) is 58.5. The molecule has 1 atom stereocenters. The zero-order valence-corrected chi connectivity index (χ0v) is 51.7. The summed E-state index contributed by atoms with van der Waals surface area (Å²) >= 11 is 0. The fourth-order valence-electron chi connectivity index (χ4n) is 8.11. The second-order valence-electron chi connectivity index (χ2n) is 20.5. The minimum Gasteiger partial charge on any atom is -0.462 e. The molecule has 0 aliphatic heterocycles. The number of allylic oxidation sites excluding steroid dienone is 30. The lowest BCUT2D eigenvalue weighted by atomic mass is 10.1. The van der Waals surface area contributed by atoms with Crippen molar-refractivity contribution in [3.05, 3.63) is 182 Å². The highest BCUT2D eigenvalue weighted by Gasteiger charge is 2.19. The number of unbranched alkanes of at least 4 members (excludes halogenated alkanes) is 15. The van der Waals surface area contributed by atoms with Crippen molar-refractivity contribution in [2.45, 2.75) is 258 Å². The van der Waals surface area contributed by atoms with Crippen LogP contribution in [0.4, 0.5) is 0 Å². The van der Waals surface area contributed by atoms with Crippen LogP contribution in [-0.2, 0) is 28.6 Å². The van der Waals surface area contributed by atoms with Crippen LogP contribution in [-0.4, -0.2) is 37.2 Å². The van der Waals surface area contributed by atoms with Crippen LogP contribution in [0, 0.1) is 0 Å². The van der Waals surface area contributed by atoms with Crippen LogP contribution in [0.1, 0.15) is 252 Å². The Labute approximate surface area is 497 Å². The third kappa shape index (κ3) is 65.2. The Morgan fingerprint density at radius 1 is 0.259 bits per heavy atom. The van der Waals surface area contributed by atoms with Crippen LogP contribution in [0.2, 0.25) is 0 Å². The smallest absolute Gasteiger partial charge is 0.306 e. The van der Waals surface area contributed by atoms with Gasteiger partial charge >= 0.3 is 17.9 Å². The van der Waals surface area contributed by atoms with Gasteiger partial charge in [0.05, 0.1) is 0 Å². The van der Waals surface area contributed by atoms with Gasteiger partial charge in [-0.15, -0.1) is 0 Å². The van der Waals surface area contributed by atoms with E-state index in [0.717, 1.165) is 154 Å². The standard InChI is InChI=1S/C75H116O6/c1-4-7-10-13-16-19-22-25-28-30-31-32-33-34-35-36-37-38-39-40-41-42-43-45-47-50-53-56-59-62-65-68-74(77)80-71-72(70-79-73(76)67-64-61-58-55-52-49-46-27-24-21-18-15-12-9-6-3)81-75(78)69-66-63-60-57-54-51-48-44-29-26-23-20-17-14-11-8-5-2/h7-8,10-11,16-17,19-20,25-29,31-32,34-35,37-38,40-41,43,45-46,48,50-51,53,57,60,72H,4-6,9,12-15,18,21-24,30,33,36,39,42,44,47,49,52,54-56,58-59,61-71H2,1-3H3/b10-7-,11-8-,19-16-,20-17-,28-25-,29-26-,32-31-,35-34-,38-37-,41-40-,45-43-,46-27-,51-48-,53-50-,60-57-. The number of esters is 3. The van der Waals surface area contributed by atoms with E-state index in [0.29, 0.717) is 19.3 Å². The largest absolute Gasteiger partial charge is 0.462 e. The van der Waals surface area contributed by atoms with Gasteiger partial charge in [0, 0.05) is 19.3 Å². The monoisotopic (exact) mass is 1110 g/mol. The molecule has 0 amide bonds. The quantitative estimate of drug-likeness (QED) is 0.0261. The second kappa shape index (κ2) is 67.0. The maximum atomic E-state index is 12.9. The first-order valence-electron chi connectivity index (χ1n) is 32.3. The average Bonchev–Trinajstić information content (AvgIpc) is 3.47. The fourth-order valence-corrected chi connectivity index (χ4v) is 8.11. The molecule has 0 aromatic rings. The van der Waals surface area contributed by atoms with Crippen LogP contribution in [0.15, 0.2) is 182 Å². The second-order valence-corrected chi connectivity index (χ2v) is 20.5. The first kappa shape index (κ1) is 75.5. The normalized spacial score (nSPS) is 13.4. The molecular weight excluding hydrogens is 997 g/mol. The molecule has 81 heavy (non-hydrogen) atoms. The van der Waals surface area contributed by atoms with Crippen molar-refractivity contribution in [1.29, 1.82) is 0 Å². The van der Waals surface area contributed by atoms with Crippen LogP contribution < -0.4 is 0 Å².